The zero-order valence-corrected chi connectivity index (χ0v) is 19.3. The number of aryl methyl sites for hydroxylation is 1. The molecule has 0 saturated carbocycles. The topological polar surface area (TPSA) is 112 Å². The average molecular weight is 471 g/mol. The lowest BCUT2D eigenvalue weighted by atomic mass is 9.75. The fourth-order valence-electron chi connectivity index (χ4n) is 5.57. The van der Waals surface area contributed by atoms with Crippen molar-refractivity contribution in [2.24, 2.45) is 5.73 Å². The summed E-state index contributed by atoms with van der Waals surface area (Å²) < 4.78 is 11.0. The molecule has 2 aliphatic heterocycles. The molecule has 7 nitrogen and oxygen atoms in total. The molecule has 0 radical (unpaired) electrons. The lowest BCUT2D eigenvalue weighted by molar-refractivity contribution is -0.116. The summed E-state index contributed by atoms with van der Waals surface area (Å²) in [5.41, 5.74) is 11.0. The van der Waals surface area contributed by atoms with Gasteiger partial charge in [-0.25, -0.2) is 0 Å². The Hall–Kier alpha value is -3.75. The molecule has 1 atom stereocenters. The number of rotatable bonds is 2. The first-order valence-corrected chi connectivity index (χ1v) is 12.3. The largest absolute Gasteiger partial charge is 0.454 e. The van der Waals surface area contributed by atoms with Crippen LogP contribution in [0.5, 0.6) is 11.5 Å². The molecule has 1 aromatic heterocycles. The standard InChI is InChI=1S/C26H22N4O3S/c27-11-16-15-4-1-2-7-22(15)34-26(16)30-18-5-3-6-19(31)24(18)23(17(12-28)25(30)29)14-8-9-20-21(10-14)33-13-32-20/h8-10,23H,1-7,13,29H2. The van der Waals surface area contributed by atoms with Crippen molar-refractivity contribution in [2.75, 3.05) is 11.7 Å². The van der Waals surface area contributed by atoms with Crippen LogP contribution >= 0.6 is 11.3 Å². The van der Waals surface area contributed by atoms with E-state index >= 15 is 0 Å². The Morgan fingerprint density at radius 1 is 1.03 bits per heavy atom. The number of carbonyl (C=O) groups excluding carboxylic acids is 1. The van der Waals surface area contributed by atoms with Crippen LogP contribution in [0.4, 0.5) is 5.00 Å². The number of nitriles is 2. The van der Waals surface area contributed by atoms with Crippen molar-refractivity contribution in [1.82, 2.24) is 0 Å². The minimum absolute atomic E-state index is 0.0222. The number of nitrogens with two attached hydrogens (primary N) is 1. The molecule has 0 spiro atoms. The van der Waals surface area contributed by atoms with Gasteiger partial charge in [-0.15, -0.1) is 11.3 Å². The van der Waals surface area contributed by atoms with Gasteiger partial charge in [0.05, 0.1) is 23.1 Å². The third kappa shape index (κ3) is 2.96. The quantitative estimate of drug-likeness (QED) is 0.686. The highest BCUT2D eigenvalue weighted by Gasteiger charge is 2.42. The van der Waals surface area contributed by atoms with E-state index in [1.165, 1.54) is 4.88 Å². The predicted octanol–water partition coefficient (Wildman–Crippen LogP) is 4.53. The highest BCUT2D eigenvalue weighted by Crippen LogP contribution is 2.51. The average Bonchev–Trinajstić information content (AvgIpc) is 3.47. The first-order valence-electron chi connectivity index (χ1n) is 11.5. The van der Waals surface area contributed by atoms with Crippen LogP contribution in [-0.4, -0.2) is 12.6 Å². The molecule has 2 N–H and O–H groups in total. The number of carbonyl (C=O) groups is 1. The van der Waals surface area contributed by atoms with Crippen LogP contribution in [0, 0.1) is 22.7 Å². The number of ketones is 1. The molecule has 1 aromatic carbocycles. The molecule has 8 heteroatoms. The fraction of sp³-hybridized carbons (Fsp3) is 0.346. The molecule has 0 amide bonds. The summed E-state index contributed by atoms with van der Waals surface area (Å²) in [5.74, 6) is 0.990. The molecule has 6 rings (SSSR count). The van der Waals surface area contributed by atoms with E-state index in [9.17, 15) is 15.3 Å². The van der Waals surface area contributed by atoms with Crippen molar-refractivity contribution in [3.05, 3.63) is 62.4 Å². The number of ether oxygens (including phenoxy) is 2. The van der Waals surface area contributed by atoms with Crippen LogP contribution in [0.3, 0.4) is 0 Å². The minimum atomic E-state index is -0.571. The van der Waals surface area contributed by atoms with E-state index in [2.05, 4.69) is 12.1 Å². The lowest BCUT2D eigenvalue weighted by Crippen LogP contribution is -2.38. The Balaban J connectivity index is 1.57. The van der Waals surface area contributed by atoms with E-state index in [0.29, 0.717) is 53.3 Å². The Morgan fingerprint density at radius 2 is 1.85 bits per heavy atom. The number of fused-ring (bicyclic) bond motifs is 2. The first kappa shape index (κ1) is 20.8. The van der Waals surface area contributed by atoms with Gasteiger partial charge in [0.2, 0.25) is 6.79 Å². The van der Waals surface area contributed by atoms with Gasteiger partial charge in [0, 0.05) is 22.6 Å². The maximum atomic E-state index is 13.4. The number of thiophene rings is 1. The number of allylic oxidation sites excluding steroid dienone is 3. The van der Waals surface area contributed by atoms with Crippen LogP contribution in [0.1, 0.15) is 59.6 Å². The molecule has 4 aliphatic rings. The molecule has 0 bridgehead atoms. The Bertz CT molecular complexity index is 1390. The SMILES string of the molecule is N#CC1=C(N)N(c2sc3c(c2C#N)CCCC3)C2=C(C(=O)CCC2)C1c1ccc2c(c1)OCO2. The number of nitrogens with zero attached hydrogens (tertiary/aromatic N) is 3. The number of hydrogen-bond acceptors (Lipinski definition) is 8. The smallest absolute Gasteiger partial charge is 0.231 e. The van der Waals surface area contributed by atoms with Crippen molar-refractivity contribution in [1.29, 1.82) is 10.5 Å². The highest BCUT2D eigenvalue weighted by atomic mass is 32.1. The fourth-order valence-corrected chi connectivity index (χ4v) is 6.95. The van der Waals surface area contributed by atoms with E-state index in [1.807, 2.05) is 23.1 Å². The summed E-state index contributed by atoms with van der Waals surface area (Å²) in [7, 11) is 0. The van der Waals surface area contributed by atoms with Gasteiger partial charge in [-0.3, -0.25) is 9.69 Å². The zero-order chi connectivity index (χ0) is 23.4. The van der Waals surface area contributed by atoms with Gasteiger partial charge in [-0.1, -0.05) is 6.07 Å². The molecule has 2 aromatic rings. The van der Waals surface area contributed by atoms with Crippen molar-refractivity contribution in [2.45, 2.75) is 50.9 Å². The summed E-state index contributed by atoms with van der Waals surface area (Å²) in [6.45, 7) is 0.146. The van der Waals surface area contributed by atoms with Crippen LogP contribution in [0.2, 0.25) is 0 Å². The molecule has 3 heterocycles. The summed E-state index contributed by atoms with van der Waals surface area (Å²) in [5, 5.41) is 21.1. The summed E-state index contributed by atoms with van der Waals surface area (Å²) in [6, 6.07) is 10.2. The Kier molecular flexibility index (Phi) is 4.86. The second kappa shape index (κ2) is 7.93. The predicted molar refractivity (Wildman–Crippen MR) is 126 cm³/mol. The third-order valence-corrected chi connectivity index (χ3v) is 8.39. The van der Waals surface area contributed by atoms with Gasteiger partial charge in [0.25, 0.3) is 0 Å². The van der Waals surface area contributed by atoms with Gasteiger partial charge >= 0.3 is 0 Å². The first-order chi connectivity index (χ1) is 16.6. The Morgan fingerprint density at radius 3 is 2.68 bits per heavy atom. The summed E-state index contributed by atoms with van der Waals surface area (Å²) in [6.07, 6.45) is 5.79. The van der Waals surface area contributed by atoms with Gasteiger partial charge < -0.3 is 15.2 Å². The van der Waals surface area contributed by atoms with E-state index in [1.54, 1.807) is 11.3 Å². The van der Waals surface area contributed by atoms with Gasteiger partial charge in [0.15, 0.2) is 17.3 Å². The van der Waals surface area contributed by atoms with Crippen molar-refractivity contribution >= 4 is 22.1 Å². The monoisotopic (exact) mass is 470 g/mol. The minimum Gasteiger partial charge on any atom is -0.454 e. The summed E-state index contributed by atoms with van der Waals surface area (Å²) in [4.78, 5) is 16.4. The second-order valence-electron chi connectivity index (χ2n) is 8.93. The normalized spacial score (nSPS) is 21.2. The van der Waals surface area contributed by atoms with Gasteiger partial charge in [-0.2, -0.15) is 10.5 Å². The third-order valence-electron chi connectivity index (χ3n) is 7.11. The van der Waals surface area contributed by atoms with Crippen molar-refractivity contribution in [3.63, 3.8) is 0 Å². The van der Waals surface area contributed by atoms with Crippen LogP contribution < -0.4 is 20.1 Å². The number of Topliss-reactive ketones (excluding diaryl/α,β-unsaturated/α-hetero) is 1. The molecule has 0 saturated heterocycles. The molecule has 170 valence electrons. The molecule has 1 unspecified atom stereocenters. The van der Waals surface area contributed by atoms with Crippen molar-refractivity contribution in [3.8, 4) is 23.6 Å². The molecule has 0 fully saturated rings. The number of anilines is 1. The highest BCUT2D eigenvalue weighted by molar-refractivity contribution is 7.16. The van der Waals surface area contributed by atoms with E-state index in [4.69, 9.17) is 15.2 Å². The van der Waals surface area contributed by atoms with Crippen LogP contribution in [0.15, 0.2) is 40.9 Å². The van der Waals surface area contributed by atoms with Crippen LogP contribution in [-0.2, 0) is 17.6 Å². The maximum absolute atomic E-state index is 13.4. The van der Waals surface area contributed by atoms with E-state index in [-0.39, 0.29) is 12.6 Å². The number of hydrogen-bond donors (Lipinski definition) is 1. The zero-order valence-electron chi connectivity index (χ0n) is 18.5. The lowest BCUT2D eigenvalue weighted by Gasteiger charge is -2.39. The van der Waals surface area contributed by atoms with E-state index < -0.39 is 5.92 Å². The Labute approximate surface area is 201 Å². The molecular formula is C26H22N4O3S. The number of benzene rings is 1. The second-order valence-corrected chi connectivity index (χ2v) is 10.0. The van der Waals surface area contributed by atoms with Gasteiger partial charge in [0.1, 0.15) is 16.9 Å². The summed E-state index contributed by atoms with van der Waals surface area (Å²) >= 11 is 1.58. The molecule has 34 heavy (non-hydrogen) atoms. The maximum Gasteiger partial charge on any atom is 0.231 e. The van der Waals surface area contributed by atoms with Crippen molar-refractivity contribution < 1.29 is 14.3 Å². The van der Waals surface area contributed by atoms with Crippen LogP contribution in [0.25, 0.3) is 0 Å². The molecular weight excluding hydrogens is 448 g/mol. The van der Waals surface area contributed by atoms with E-state index in [0.717, 1.165) is 47.5 Å². The van der Waals surface area contributed by atoms with Gasteiger partial charge in [-0.05, 0) is 61.8 Å². The molecule has 2 aliphatic carbocycles.